The second-order valence-electron chi connectivity index (χ2n) is 5.28. The topological polar surface area (TPSA) is 169 Å². The van der Waals surface area contributed by atoms with Crippen LogP contribution in [0.1, 0.15) is 46.0 Å². The lowest BCUT2D eigenvalue weighted by atomic mass is 10.2. The molecule has 0 aliphatic heterocycles. The van der Waals surface area contributed by atoms with E-state index in [1.807, 2.05) is 0 Å². The van der Waals surface area contributed by atoms with Gasteiger partial charge in [-0.25, -0.2) is 0 Å². The molecule has 0 amide bonds. The fourth-order valence-corrected chi connectivity index (χ4v) is 1.64. The molecule has 0 heterocycles. The number of guanidine groups is 4. The predicted octanol–water partition coefficient (Wildman–Crippen LogP) is 0.173. The van der Waals surface area contributed by atoms with Gasteiger partial charge < -0.3 is 17.2 Å². The van der Waals surface area contributed by atoms with Crippen molar-refractivity contribution < 1.29 is 0 Å². The molecule has 0 radical (unpaired) electrons. The largest absolute Gasteiger partial charge is 0.370 e. The van der Waals surface area contributed by atoms with E-state index in [1.54, 1.807) is 7.05 Å². The van der Waals surface area contributed by atoms with Crippen molar-refractivity contribution in [2.75, 3.05) is 20.1 Å². The summed E-state index contributed by atoms with van der Waals surface area (Å²) in [5, 5.41) is 16.3. The number of hydrazine groups is 1. The maximum absolute atomic E-state index is 7.67. The lowest BCUT2D eigenvalue weighted by Crippen LogP contribution is -2.59. The lowest BCUT2D eigenvalue weighted by molar-refractivity contribution is 0.495. The van der Waals surface area contributed by atoms with Crippen molar-refractivity contribution in [2.24, 2.45) is 27.2 Å². The first-order valence-electron chi connectivity index (χ1n) is 8.18. The summed E-state index contributed by atoms with van der Waals surface area (Å²) in [6, 6.07) is 0. The van der Waals surface area contributed by atoms with Gasteiger partial charge in [-0.05, 0) is 12.8 Å². The molecule has 0 unspecified atom stereocenters. The molecule has 0 spiro atoms. The molecule has 0 bridgehead atoms. The molecule has 0 saturated carbocycles. The average Bonchev–Trinajstić information content (AvgIpc) is 2.53. The van der Waals surface area contributed by atoms with Crippen LogP contribution in [0.4, 0.5) is 0 Å². The maximum Gasteiger partial charge on any atom is 0.220 e. The van der Waals surface area contributed by atoms with Gasteiger partial charge in [0.15, 0.2) is 5.96 Å². The lowest BCUT2D eigenvalue weighted by Gasteiger charge is -2.28. The number of nitrogens with zero attached hydrogens (tertiary/aromatic N) is 4. The summed E-state index contributed by atoms with van der Waals surface area (Å²) >= 11 is 0. The molecule has 0 atom stereocenters. The van der Waals surface area contributed by atoms with E-state index >= 15 is 0 Å². The molecule has 0 rings (SSSR count). The molecule has 0 aliphatic carbocycles. The Labute approximate surface area is 144 Å². The first-order valence-corrected chi connectivity index (χ1v) is 8.18. The van der Waals surface area contributed by atoms with E-state index in [0.717, 1.165) is 37.1 Å². The van der Waals surface area contributed by atoms with Crippen LogP contribution in [0.25, 0.3) is 0 Å². The zero-order valence-electron chi connectivity index (χ0n) is 15.0. The van der Waals surface area contributed by atoms with Gasteiger partial charge in [0.1, 0.15) is 0 Å². The summed E-state index contributed by atoms with van der Waals surface area (Å²) in [6.07, 6.45) is 4.92. The normalized spacial score (nSPS) is 12.0. The van der Waals surface area contributed by atoms with Crippen LogP contribution in [0.15, 0.2) is 9.98 Å². The molecule has 10 nitrogen and oxygen atoms in total. The van der Waals surface area contributed by atoms with E-state index in [2.05, 4.69) is 29.3 Å². The minimum absolute atomic E-state index is 0.0640. The quantitative estimate of drug-likeness (QED) is 0.167. The monoisotopic (exact) mass is 340 g/mol. The Morgan fingerprint density at radius 1 is 0.917 bits per heavy atom. The standard InChI is InChI=1S/C14H32N10/c1-4-6-8-10-21-14(23(3)11(15)16)22-24(12(17)18)13(19)20-9-7-5-2/h4-10H2,1-3H3,(H3,15,16)(H3,17,18)(H2,19,20)(H,21,22). The molecule has 0 saturated heterocycles. The summed E-state index contributed by atoms with van der Waals surface area (Å²) in [5.41, 5.74) is 19.8. The van der Waals surface area contributed by atoms with Crippen molar-refractivity contribution in [3.05, 3.63) is 0 Å². The molecule has 0 fully saturated rings. The minimum Gasteiger partial charge on any atom is -0.370 e. The highest BCUT2D eigenvalue weighted by atomic mass is 15.6. The third-order valence-corrected chi connectivity index (χ3v) is 3.17. The highest BCUT2D eigenvalue weighted by molar-refractivity contribution is 6.01. The number of unbranched alkanes of at least 4 members (excludes halogenated alkanes) is 3. The molecule has 138 valence electrons. The van der Waals surface area contributed by atoms with Gasteiger partial charge in [0, 0.05) is 20.1 Å². The van der Waals surface area contributed by atoms with Crippen LogP contribution >= 0.6 is 0 Å². The third kappa shape index (κ3) is 8.20. The number of rotatable bonds is 7. The van der Waals surface area contributed by atoms with Crippen molar-refractivity contribution in [3.63, 3.8) is 0 Å². The summed E-state index contributed by atoms with van der Waals surface area (Å²) in [7, 11) is 1.59. The van der Waals surface area contributed by atoms with Gasteiger partial charge in [0.2, 0.25) is 17.9 Å². The fourth-order valence-electron chi connectivity index (χ4n) is 1.64. The number of aliphatic imine (C=N–C) groups is 2. The Hall–Kier alpha value is -2.52. The van der Waals surface area contributed by atoms with E-state index < -0.39 is 0 Å². The van der Waals surface area contributed by atoms with Gasteiger partial charge in [-0.1, -0.05) is 33.1 Å². The minimum atomic E-state index is -0.328. The van der Waals surface area contributed by atoms with Crippen LogP contribution < -0.4 is 22.6 Å². The number of nitrogens with one attached hydrogen (secondary N) is 3. The zero-order valence-corrected chi connectivity index (χ0v) is 15.0. The van der Waals surface area contributed by atoms with Crippen LogP contribution in [0.5, 0.6) is 0 Å². The second-order valence-corrected chi connectivity index (χ2v) is 5.28. The summed E-state index contributed by atoms with van der Waals surface area (Å²) in [4.78, 5) is 9.92. The number of hydrogen-bond donors (Lipinski definition) is 6. The molecule has 24 heavy (non-hydrogen) atoms. The molecule has 0 aromatic rings. The first kappa shape index (κ1) is 21.5. The van der Waals surface area contributed by atoms with Crippen LogP contribution in [0.2, 0.25) is 0 Å². The van der Waals surface area contributed by atoms with Crippen molar-refractivity contribution in [2.45, 2.75) is 46.0 Å². The van der Waals surface area contributed by atoms with E-state index in [1.165, 1.54) is 4.90 Å². The van der Waals surface area contributed by atoms with Gasteiger partial charge in [-0.2, -0.15) is 5.01 Å². The Bertz CT molecular complexity index is 456. The van der Waals surface area contributed by atoms with Gasteiger partial charge in [-0.15, -0.1) is 0 Å². The van der Waals surface area contributed by atoms with Crippen molar-refractivity contribution in [3.8, 4) is 0 Å². The number of hydrogen-bond acceptors (Lipinski definition) is 4. The fraction of sp³-hybridized carbons (Fsp3) is 0.714. The Balaban J connectivity index is 5.18. The van der Waals surface area contributed by atoms with Gasteiger partial charge in [0.25, 0.3) is 0 Å². The first-order chi connectivity index (χ1) is 11.3. The molecule has 9 N–H and O–H groups in total. The highest BCUT2D eigenvalue weighted by Gasteiger charge is 2.17. The predicted molar refractivity (Wildman–Crippen MR) is 99.8 cm³/mol. The zero-order chi connectivity index (χ0) is 18.5. The summed E-state index contributed by atoms with van der Waals surface area (Å²) in [6.45, 7) is 5.26. The number of nitrogens with two attached hydrogens (primary N) is 3. The van der Waals surface area contributed by atoms with Crippen LogP contribution in [0.3, 0.4) is 0 Å². The third-order valence-electron chi connectivity index (χ3n) is 3.17. The van der Waals surface area contributed by atoms with E-state index in [-0.39, 0.29) is 23.8 Å². The average molecular weight is 340 g/mol. The highest BCUT2D eigenvalue weighted by Crippen LogP contribution is 1.96. The smallest absolute Gasteiger partial charge is 0.220 e. The van der Waals surface area contributed by atoms with E-state index in [0.29, 0.717) is 13.1 Å². The van der Waals surface area contributed by atoms with Gasteiger partial charge >= 0.3 is 0 Å². The molecule has 0 aromatic heterocycles. The van der Waals surface area contributed by atoms with E-state index in [9.17, 15) is 0 Å². The molecule has 0 aliphatic rings. The Morgan fingerprint density at radius 2 is 1.50 bits per heavy atom. The van der Waals surface area contributed by atoms with Crippen LogP contribution in [0, 0.1) is 10.8 Å². The Kier molecular flexibility index (Phi) is 10.7. The van der Waals surface area contributed by atoms with Gasteiger partial charge in [0.05, 0.1) is 0 Å². The SMILES string of the molecule is CCCCCN=C(NN(C(=N)N)C(N)=NCCCC)N(C)C(=N)N. The van der Waals surface area contributed by atoms with Crippen LogP contribution in [-0.4, -0.2) is 53.9 Å². The van der Waals surface area contributed by atoms with Gasteiger partial charge in [-0.3, -0.25) is 31.1 Å². The maximum atomic E-state index is 7.67. The van der Waals surface area contributed by atoms with Crippen molar-refractivity contribution >= 4 is 23.8 Å². The van der Waals surface area contributed by atoms with Crippen LogP contribution in [-0.2, 0) is 0 Å². The summed E-state index contributed by atoms with van der Waals surface area (Å²) in [5.74, 6) is -0.177. The summed E-state index contributed by atoms with van der Waals surface area (Å²) < 4.78 is 0. The molecular weight excluding hydrogens is 308 g/mol. The second kappa shape index (κ2) is 12.0. The molecule has 0 aromatic carbocycles. The Morgan fingerprint density at radius 3 is 2.00 bits per heavy atom. The van der Waals surface area contributed by atoms with E-state index in [4.69, 9.17) is 28.0 Å². The molecular formula is C14H32N10. The van der Waals surface area contributed by atoms with Crippen molar-refractivity contribution in [1.29, 1.82) is 10.8 Å². The van der Waals surface area contributed by atoms with Crippen molar-refractivity contribution in [1.82, 2.24) is 15.3 Å². The molecule has 10 heteroatoms.